The summed E-state index contributed by atoms with van der Waals surface area (Å²) in [5, 5.41) is 12.4. The molecule has 3 atom stereocenters. The summed E-state index contributed by atoms with van der Waals surface area (Å²) >= 11 is 0. The first-order valence-electron chi connectivity index (χ1n) is 6.61. The monoisotopic (exact) mass is 242 g/mol. The first-order valence-corrected chi connectivity index (χ1v) is 6.61. The summed E-state index contributed by atoms with van der Waals surface area (Å²) in [6.45, 7) is 10.5. The highest BCUT2D eigenvalue weighted by atomic mass is 16.4. The van der Waals surface area contributed by atoms with Crippen LogP contribution >= 0.6 is 0 Å². The Morgan fingerprint density at radius 1 is 1.53 bits per heavy atom. The first-order chi connectivity index (χ1) is 7.89. The summed E-state index contributed by atoms with van der Waals surface area (Å²) in [4.78, 5) is 13.7. The SMILES string of the molecule is CCNC(C)(CN1CCC(C)CC1C)C(=O)O. The fourth-order valence-corrected chi connectivity index (χ4v) is 2.69. The van der Waals surface area contributed by atoms with Crippen molar-refractivity contribution in [1.82, 2.24) is 10.2 Å². The number of nitrogens with zero attached hydrogens (tertiary/aromatic N) is 1. The third-order valence-corrected chi connectivity index (χ3v) is 3.83. The number of piperidine rings is 1. The maximum absolute atomic E-state index is 11.4. The van der Waals surface area contributed by atoms with Crippen LogP contribution in [0.15, 0.2) is 0 Å². The molecule has 0 aromatic heterocycles. The van der Waals surface area contributed by atoms with Crippen LogP contribution in [-0.4, -0.2) is 47.2 Å². The Balaban J connectivity index is 2.64. The van der Waals surface area contributed by atoms with Crippen LogP contribution in [0.2, 0.25) is 0 Å². The minimum atomic E-state index is -0.830. The van der Waals surface area contributed by atoms with E-state index in [1.165, 1.54) is 12.8 Å². The minimum Gasteiger partial charge on any atom is -0.480 e. The van der Waals surface area contributed by atoms with Gasteiger partial charge in [0.25, 0.3) is 0 Å². The van der Waals surface area contributed by atoms with E-state index in [0.29, 0.717) is 19.1 Å². The van der Waals surface area contributed by atoms with E-state index in [9.17, 15) is 9.90 Å². The van der Waals surface area contributed by atoms with E-state index in [1.54, 1.807) is 6.92 Å². The van der Waals surface area contributed by atoms with Crippen molar-refractivity contribution in [2.45, 2.75) is 52.1 Å². The second kappa shape index (κ2) is 5.83. The zero-order valence-corrected chi connectivity index (χ0v) is 11.5. The van der Waals surface area contributed by atoms with Crippen molar-refractivity contribution in [2.24, 2.45) is 5.92 Å². The fraction of sp³-hybridized carbons (Fsp3) is 0.923. The number of likely N-dealkylation sites (N-methyl/N-ethyl adjacent to an activating group) is 1. The molecule has 17 heavy (non-hydrogen) atoms. The average molecular weight is 242 g/mol. The van der Waals surface area contributed by atoms with Crippen LogP contribution in [-0.2, 0) is 4.79 Å². The van der Waals surface area contributed by atoms with Crippen LogP contribution in [0.3, 0.4) is 0 Å². The fourth-order valence-electron chi connectivity index (χ4n) is 2.69. The molecular weight excluding hydrogens is 216 g/mol. The molecule has 0 radical (unpaired) electrons. The highest BCUT2D eigenvalue weighted by Crippen LogP contribution is 2.23. The Labute approximate surface area is 104 Å². The zero-order valence-electron chi connectivity index (χ0n) is 11.5. The number of hydrogen-bond acceptors (Lipinski definition) is 3. The van der Waals surface area contributed by atoms with Crippen molar-refractivity contribution in [3.8, 4) is 0 Å². The lowest BCUT2D eigenvalue weighted by Gasteiger charge is -2.41. The Morgan fingerprint density at radius 3 is 2.65 bits per heavy atom. The maximum Gasteiger partial charge on any atom is 0.324 e. The molecule has 2 N–H and O–H groups in total. The van der Waals surface area contributed by atoms with Gasteiger partial charge in [-0.3, -0.25) is 9.69 Å². The van der Waals surface area contributed by atoms with Gasteiger partial charge in [0.1, 0.15) is 5.54 Å². The molecule has 0 spiro atoms. The lowest BCUT2D eigenvalue weighted by molar-refractivity contribution is -0.145. The molecule has 100 valence electrons. The summed E-state index contributed by atoms with van der Waals surface area (Å²) < 4.78 is 0. The highest BCUT2D eigenvalue weighted by molar-refractivity contribution is 5.78. The molecule has 1 heterocycles. The molecule has 0 aromatic carbocycles. The Hall–Kier alpha value is -0.610. The van der Waals surface area contributed by atoms with Crippen LogP contribution in [0.5, 0.6) is 0 Å². The van der Waals surface area contributed by atoms with Crippen molar-refractivity contribution in [1.29, 1.82) is 0 Å². The van der Waals surface area contributed by atoms with Crippen LogP contribution in [0, 0.1) is 5.92 Å². The summed E-state index contributed by atoms with van der Waals surface area (Å²) in [5.74, 6) is 0.00152. The van der Waals surface area contributed by atoms with Gasteiger partial charge in [-0.05, 0) is 45.7 Å². The van der Waals surface area contributed by atoms with Gasteiger partial charge in [-0.15, -0.1) is 0 Å². The smallest absolute Gasteiger partial charge is 0.324 e. The quantitative estimate of drug-likeness (QED) is 0.768. The molecule has 0 aromatic rings. The standard InChI is InChI=1S/C13H26N2O2/c1-5-14-13(4,12(16)17)9-15-7-6-10(2)8-11(15)3/h10-11,14H,5-9H2,1-4H3,(H,16,17). The van der Waals surface area contributed by atoms with E-state index in [1.807, 2.05) is 6.92 Å². The van der Waals surface area contributed by atoms with Crippen LogP contribution in [0.4, 0.5) is 0 Å². The van der Waals surface area contributed by atoms with Gasteiger partial charge in [0, 0.05) is 12.6 Å². The van der Waals surface area contributed by atoms with E-state index >= 15 is 0 Å². The van der Waals surface area contributed by atoms with Gasteiger partial charge < -0.3 is 10.4 Å². The molecule has 1 aliphatic heterocycles. The van der Waals surface area contributed by atoms with Gasteiger partial charge in [-0.1, -0.05) is 13.8 Å². The molecule has 1 saturated heterocycles. The normalized spacial score (nSPS) is 29.9. The van der Waals surface area contributed by atoms with Crippen molar-refractivity contribution in [2.75, 3.05) is 19.6 Å². The number of nitrogens with one attached hydrogen (secondary N) is 1. The van der Waals surface area contributed by atoms with Crippen molar-refractivity contribution < 1.29 is 9.90 Å². The number of carboxylic acids is 1. The van der Waals surface area contributed by atoms with E-state index in [-0.39, 0.29) is 0 Å². The third-order valence-electron chi connectivity index (χ3n) is 3.83. The molecule has 0 bridgehead atoms. The lowest BCUT2D eigenvalue weighted by Crippen LogP contribution is -2.59. The molecule has 1 rings (SSSR count). The molecule has 4 nitrogen and oxygen atoms in total. The second-order valence-corrected chi connectivity index (χ2v) is 5.62. The molecule has 0 amide bonds. The third kappa shape index (κ3) is 3.68. The van der Waals surface area contributed by atoms with Gasteiger partial charge in [0.15, 0.2) is 0 Å². The first kappa shape index (κ1) is 14.5. The number of hydrogen-bond donors (Lipinski definition) is 2. The predicted octanol–water partition coefficient (Wildman–Crippen LogP) is 1.56. The Kier molecular flexibility index (Phi) is 4.95. The van der Waals surface area contributed by atoms with Crippen LogP contribution in [0.1, 0.15) is 40.5 Å². The second-order valence-electron chi connectivity index (χ2n) is 5.62. The van der Waals surface area contributed by atoms with Gasteiger partial charge in [0.05, 0.1) is 0 Å². The van der Waals surface area contributed by atoms with E-state index in [0.717, 1.165) is 12.5 Å². The summed E-state index contributed by atoms with van der Waals surface area (Å²) in [6, 6.07) is 0.482. The van der Waals surface area contributed by atoms with Crippen molar-refractivity contribution >= 4 is 5.97 Å². The summed E-state index contributed by atoms with van der Waals surface area (Å²) in [5.41, 5.74) is -0.830. The van der Waals surface area contributed by atoms with Gasteiger partial charge in [-0.2, -0.15) is 0 Å². The van der Waals surface area contributed by atoms with E-state index in [4.69, 9.17) is 0 Å². The van der Waals surface area contributed by atoms with Gasteiger partial charge in [-0.25, -0.2) is 0 Å². The van der Waals surface area contributed by atoms with Gasteiger partial charge in [0.2, 0.25) is 0 Å². The molecule has 1 aliphatic rings. The minimum absolute atomic E-state index is 0.482. The zero-order chi connectivity index (χ0) is 13.1. The summed E-state index contributed by atoms with van der Waals surface area (Å²) in [6.07, 6.45) is 2.34. The lowest BCUT2D eigenvalue weighted by atomic mass is 9.91. The summed E-state index contributed by atoms with van der Waals surface area (Å²) in [7, 11) is 0. The van der Waals surface area contributed by atoms with Crippen molar-refractivity contribution in [3.05, 3.63) is 0 Å². The van der Waals surface area contributed by atoms with Crippen LogP contribution in [0.25, 0.3) is 0 Å². The van der Waals surface area contributed by atoms with Crippen LogP contribution < -0.4 is 5.32 Å². The number of carboxylic acid groups (broad SMARTS) is 1. The maximum atomic E-state index is 11.4. The molecule has 4 heteroatoms. The van der Waals surface area contributed by atoms with E-state index in [2.05, 4.69) is 24.1 Å². The van der Waals surface area contributed by atoms with E-state index < -0.39 is 11.5 Å². The number of rotatable bonds is 5. The average Bonchev–Trinajstić information content (AvgIpc) is 2.22. The van der Waals surface area contributed by atoms with Gasteiger partial charge >= 0.3 is 5.97 Å². The molecule has 0 aliphatic carbocycles. The topological polar surface area (TPSA) is 52.6 Å². The molecule has 1 fully saturated rings. The Bertz CT molecular complexity index is 270. The predicted molar refractivity (Wildman–Crippen MR) is 69.2 cm³/mol. The molecule has 0 saturated carbocycles. The number of aliphatic carboxylic acids is 1. The number of likely N-dealkylation sites (tertiary alicyclic amines) is 1. The molecule has 3 unspecified atom stereocenters. The van der Waals surface area contributed by atoms with Crippen molar-refractivity contribution in [3.63, 3.8) is 0 Å². The Morgan fingerprint density at radius 2 is 2.18 bits per heavy atom. The highest BCUT2D eigenvalue weighted by Gasteiger charge is 2.36. The molecular formula is C13H26N2O2. The number of carbonyl (C=O) groups is 1. The largest absolute Gasteiger partial charge is 0.480 e.